The zero-order valence-electron chi connectivity index (χ0n) is 9.94. The lowest BCUT2D eigenvalue weighted by atomic mass is 10.0. The highest BCUT2D eigenvalue weighted by Crippen LogP contribution is 2.20. The fraction of sp³-hybridized carbons (Fsp3) is 0.133. The minimum Gasteiger partial charge on any atom is -0.465 e. The van der Waals surface area contributed by atoms with Crippen LogP contribution in [0, 0.1) is 6.92 Å². The second-order valence-corrected chi connectivity index (χ2v) is 3.93. The van der Waals surface area contributed by atoms with Gasteiger partial charge in [0.15, 0.2) is 0 Å². The van der Waals surface area contributed by atoms with E-state index in [-0.39, 0.29) is 5.97 Å². The normalized spacial score (nSPS) is 10.0. The molecule has 2 heteroatoms. The zero-order valence-corrected chi connectivity index (χ0v) is 9.94. The smallest absolute Gasteiger partial charge is 0.337 e. The van der Waals surface area contributed by atoms with E-state index >= 15 is 0 Å². The maximum atomic E-state index is 11.3. The maximum Gasteiger partial charge on any atom is 0.337 e. The van der Waals surface area contributed by atoms with Crippen LogP contribution in [0.4, 0.5) is 0 Å². The van der Waals surface area contributed by atoms with E-state index < -0.39 is 0 Å². The molecule has 2 nitrogen and oxygen atoms in total. The average Bonchev–Trinajstić information content (AvgIpc) is 2.39. The summed E-state index contributed by atoms with van der Waals surface area (Å²) in [5, 5.41) is 0. The van der Waals surface area contributed by atoms with Crippen molar-refractivity contribution in [1.29, 1.82) is 0 Å². The Hall–Kier alpha value is -2.09. The van der Waals surface area contributed by atoms with E-state index in [1.54, 1.807) is 12.1 Å². The predicted molar refractivity (Wildman–Crippen MR) is 68.0 cm³/mol. The monoisotopic (exact) mass is 226 g/mol. The summed E-state index contributed by atoms with van der Waals surface area (Å²) in [7, 11) is 1.39. The number of hydrogen-bond acceptors (Lipinski definition) is 2. The van der Waals surface area contributed by atoms with Gasteiger partial charge in [-0.1, -0.05) is 42.0 Å². The van der Waals surface area contributed by atoms with Gasteiger partial charge in [0.2, 0.25) is 0 Å². The lowest BCUT2D eigenvalue weighted by molar-refractivity contribution is 0.0601. The van der Waals surface area contributed by atoms with Gasteiger partial charge < -0.3 is 4.74 Å². The van der Waals surface area contributed by atoms with Crippen LogP contribution in [0.15, 0.2) is 48.5 Å². The largest absolute Gasteiger partial charge is 0.465 e. The molecule has 0 fully saturated rings. The molecule has 2 rings (SSSR count). The molecular formula is C15H14O2. The van der Waals surface area contributed by atoms with E-state index in [0.717, 1.165) is 11.1 Å². The number of ether oxygens (including phenoxy) is 1. The summed E-state index contributed by atoms with van der Waals surface area (Å²) in [5.74, 6) is -0.305. The Kier molecular flexibility index (Phi) is 3.24. The molecule has 0 bridgehead atoms. The van der Waals surface area contributed by atoms with Crippen LogP contribution in [0.25, 0.3) is 11.1 Å². The lowest BCUT2D eigenvalue weighted by Crippen LogP contribution is -2.00. The van der Waals surface area contributed by atoms with E-state index in [1.165, 1.54) is 12.7 Å². The fourth-order valence-electron chi connectivity index (χ4n) is 1.66. The van der Waals surface area contributed by atoms with Crippen molar-refractivity contribution in [2.75, 3.05) is 7.11 Å². The molecule has 0 aliphatic carbocycles. The van der Waals surface area contributed by atoms with E-state index in [4.69, 9.17) is 0 Å². The highest BCUT2D eigenvalue weighted by atomic mass is 16.5. The van der Waals surface area contributed by atoms with Crippen molar-refractivity contribution >= 4 is 5.97 Å². The molecule has 0 amide bonds. The van der Waals surface area contributed by atoms with E-state index in [0.29, 0.717) is 5.56 Å². The van der Waals surface area contributed by atoms with Crippen LogP contribution in [0.5, 0.6) is 0 Å². The second-order valence-electron chi connectivity index (χ2n) is 3.93. The summed E-state index contributed by atoms with van der Waals surface area (Å²) in [6, 6.07) is 15.7. The van der Waals surface area contributed by atoms with Gasteiger partial charge in [0.05, 0.1) is 12.7 Å². The Bertz CT molecular complexity index is 510. The molecule has 0 aliphatic heterocycles. The average molecular weight is 226 g/mol. The van der Waals surface area contributed by atoms with Gasteiger partial charge >= 0.3 is 5.97 Å². The van der Waals surface area contributed by atoms with Gasteiger partial charge in [-0.2, -0.15) is 0 Å². The number of aryl methyl sites for hydroxylation is 1. The number of carbonyl (C=O) groups excluding carboxylic acids is 1. The summed E-state index contributed by atoms with van der Waals surface area (Å²) in [5.41, 5.74) is 4.05. The molecule has 17 heavy (non-hydrogen) atoms. The molecule has 0 aromatic heterocycles. The van der Waals surface area contributed by atoms with Gasteiger partial charge in [0.1, 0.15) is 0 Å². The predicted octanol–water partition coefficient (Wildman–Crippen LogP) is 3.45. The van der Waals surface area contributed by atoms with Crippen LogP contribution >= 0.6 is 0 Å². The van der Waals surface area contributed by atoms with E-state index in [9.17, 15) is 4.79 Å². The van der Waals surface area contributed by atoms with Crippen molar-refractivity contribution in [3.8, 4) is 11.1 Å². The number of rotatable bonds is 2. The van der Waals surface area contributed by atoms with Gasteiger partial charge in [-0.15, -0.1) is 0 Å². The molecule has 0 saturated heterocycles. The molecule has 0 atom stereocenters. The number of hydrogen-bond donors (Lipinski definition) is 0. The first-order valence-corrected chi connectivity index (χ1v) is 5.46. The Morgan fingerprint density at radius 2 is 1.35 bits per heavy atom. The summed E-state index contributed by atoms with van der Waals surface area (Å²) in [6.45, 7) is 2.06. The van der Waals surface area contributed by atoms with Crippen LogP contribution < -0.4 is 0 Å². The third-order valence-corrected chi connectivity index (χ3v) is 2.69. The molecule has 2 aromatic carbocycles. The number of esters is 1. The molecule has 0 heterocycles. The van der Waals surface area contributed by atoms with Crippen molar-refractivity contribution in [3.05, 3.63) is 59.7 Å². The first-order chi connectivity index (χ1) is 8.20. The van der Waals surface area contributed by atoms with Crippen LogP contribution in [0.1, 0.15) is 15.9 Å². The van der Waals surface area contributed by atoms with Gasteiger partial charge in [-0.05, 0) is 30.2 Å². The van der Waals surface area contributed by atoms with Crippen LogP contribution in [-0.4, -0.2) is 13.1 Å². The number of methoxy groups -OCH3 is 1. The fourth-order valence-corrected chi connectivity index (χ4v) is 1.66. The summed E-state index contributed by atoms with van der Waals surface area (Å²) in [6.07, 6.45) is 0. The quantitative estimate of drug-likeness (QED) is 0.733. The van der Waals surface area contributed by atoms with Crippen molar-refractivity contribution in [2.45, 2.75) is 6.92 Å². The first-order valence-electron chi connectivity index (χ1n) is 5.46. The van der Waals surface area contributed by atoms with Crippen LogP contribution in [-0.2, 0) is 4.74 Å². The molecule has 0 aliphatic rings. The van der Waals surface area contributed by atoms with E-state index in [1.807, 2.05) is 12.1 Å². The first kappa shape index (κ1) is 11.4. The van der Waals surface area contributed by atoms with Gasteiger partial charge in [0.25, 0.3) is 0 Å². The van der Waals surface area contributed by atoms with Gasteiger partial charge in [-0.3, -0.25) is 0 Å². The molecule has 0 unspecified atom stereocenters. The third kappa shape index (κ3) is 2.53. The van der Waals surface area contributed by atoms with Crippen molar-refractivity contribution < 1.29 is 9.53 Å². The maximum absolute atomic E-state index is 11.3. The minimum absolute atomic E-state index is 0.305. The molecule has 0 N–H and O–H groups in total. The topological polar surface area (TPSA) is 26.3 Å². The number of carbonyl (C=O) groups is 1. The Balaban J connectivity index is 2.29. The molecule has 86 valence electrons. The zero-order chi connectivity index (χ0) is 12.3. The summed E-state index contributed by atoms with van der Waals surface area (Å²) in [4.78, 5) is 11.3. The van der Waals surface area contributed by atoms with Crippen LogP contribution in [0.2, 0.25) is 0 Å². The molecule has 0 saturated carbocycles. The molecular weight excluding hydrogens is 212 g/mol. The van der Waals surface area contributed by atoms with E-state index in [2.05, 4.69) is 35.9 Å². The highest BCUT2D eigenvalue weighted by molar-refractivity contribution is 5.89. The highest BCUT2D eigenvalue weighted by Gasteiger charge is 2.04. The Labute approximate surface area is 101 Å². The lowest BCUT2D eigenvalue weighted by Gasteiger charge is -2.04. The standard InChI is InChI=1S/C15H14O2/c1-11-3-5-12(6-4-11)13-7-9-14(10-8-13)15(16)17-2/h3-10H,1-2H3. The van der Waals surface area contributed by atoms with Crippen molar-refractivity contribution in [3.63, 3.8) is 0 Å². The van der Waals surface area contributed by atoms with Crippen molar-refractivity contribution in [2.24, 2.45) is 0 Å². The Morgan fingerprint density at radius 3 is 1.82 bits per heavy atom. The summed E-state index contributed by atoms with van der Waals surface area (Å²) < 4.78 is 4.66. The minimum atomic E-state index is -0.305. The van der Waals surface area contributed by atoms with Crippen LogP contribution in [0.3, 0.4) is 0 Å². The Morgan fingerprint density at radius 1 is 0.882 bits per heavy atom. The molecule has 0 radical (unpaired) electrons. The second kappa shape index (κ2) is 4.83. The number of benzene rings is 2. The third-order valence-electron chi connectivity index (χ3n) is 2.69. The van der Waals surface area contributed by atoms with Gasteiger partial charge in [0, 0.05) is 0 Å². The summed E-state index contributed by atoms with van der Waals surface area (Å²) >= 11 is 0. The van der Waals surface area contributed by atoms with Crippen molar-refractivity contribution in [1.82, 2.24) is 0 Å². The van der Waals surface area contributed by atoms with Gasteiger partial charge in [-0.25, -0.2) is 4.79 Å². The SMILES string of the molecule is COC(=O)c1ccc(-c2ccc(C)cc2)cc1. The molecule has 2 aromatic rings. The molecule has 0 spiro atoms.